The number of anilines is 1. The van der Waals surface area contributed by atoms with Gasteiger partial charge in [-0.3, -0.25) is 0 Å². The van der Waals surface area contributed by atoms with Crippen LogP contribution in [0.25, 0.3) is 0 Å². The Morgan fingerprint density at radius 1 is 1.47 bits per heavy atom. The summed E-state index contributed by atoms with van der Waals surface area (Å²) in [5.74, 6) is 3.49. The predicted octanol–water partition coefficient (Wildman–Crippen LogP) is 2.59. The molecule has 1 unspecified atom stereocenters. The fraction of sp³-hybridized carbons (Fsp3) is 0.467. The summed E-state index contributed by atoms with van der Waals surface area (Å²) in [4.78, 5) is 2.21. The predicted molar refractivity (Wildman–Crippen MR) is 70.8 cm³/mol. The Hall–Kier alpha value is -1.46. The number of aliphatic hydroxyl groups excluding tert-OH is 1. The largest absolute Gasteiger partial charge is 0.389 e. The molecule has 0 heterocycles. The summed E-state index contributed by atoms with van der Waals surface area (Å²) < 4.78 is 0. The van der Waals surface area contributed by atoms with Crippen molar-refractivity contribution in [3.63, 3.8) is 0 Å². The van der Waals surface area contributed by atoms with Gasteiger partial charge in [0.25, 0.3) is 0 Å². The zero-order valence-corrected chi connectivity index (χ0v) is 10.3. The van der Waals surface area contributed by atoms with Crippen molar-refractivity contribution in [3.05, 3.63) is 29.8 Å². The first-order valence-corrected chi connectivity index (χ1v) is 6.17. The Labute approximate surface area is 103 Å². The van der Waals surface area contributed by atoms with Crippen LogP contribution in [0.1, 0.15) is 31.4 Å². The van der Waals surface area contributed by atoms with Crippen LogP contribution in [-0.2, 0) is 0 Å². The second-order valence-corrected chi connectivity index (χ2v) is 4.76. The standard InChI is InChI=1S/C15H19NO/c1-3-10-16(11-13-8-9-13)15-7-5-4-6-14(15)12(2)17/h1,4-7,12-13,17H,8-11H2,2H3. The summed E-state index contributed by atoms with van der Waals surface area (Å²) in [6.07, 6.45) is 7.59. The highest BCUT2D eigenvalue weighted by molar-refractivity contribution is 5.55. The van der Waals surface area contributed by atoms with Crippen LogP contribution in [0.15, 0.2) is 24.3 Å². The van der Waals surface area contributed by atoms with E-state index in [2.05, 4.69) is 10.8 Å². The molecule has 0 saturated heterocycles. The number of hydrogen-bond acceptors (Lipinski definition) is 2. The average Bonchev–Trinajstić information content (AvgIpc) is 3.12. The molecule has 1 saturated carbocycles. The van der Waals surface area contributed by atoms with Gasteiger partial charge >= 0.3 is 0 Å². The van der Waals surface area contributed by atoms with Gasteiger partial charge in [-0.2, -0.15) is 0 Å². The van der Waals surface area contributed by atoms with Gasteiger partial charge in [-0.15, -0.1) is 6.42 Å². The lowest BCUT2D eigenvalue weighted by atomic mass is 10.1. The van der Waals surface area contributed by atoms with Gasteiger partial charge in [-0.25, -0.2) is 0 Å². The highest BCUT2D eigenvalue weighted by atomic mass is 16.3. The van der Waals surface area contributed by atoms with Crippen LogP contribution >= 0.6 is 0 Å². The molecule has 1 aliphatic carbocycles. The minimum atomic E-state index is -0.453. The zero-order valence-electron chi connectivity index (χ0n) is 10.3. The van der Waals surface area contributed by atoms with E-state index < -0.39 is 6.10 Å². The molecule has 0 aromatic heterocycles. The number of rotatable bonds is 5. The Morgan fingerprint density at radius 3 is 2.76 bits per heavy atom. The molecule has 2 heteroatoms. The number of benzene rings is 1. The van der Waals surface area contributed by atoms with Crippen molar-refractivity contribution in [2.24, 2.45) is 5.92 Å². The van der Waals surface area contributed by atoms with Gasteiger partial charge in [0.05, 0.1) is 12.6 Å². The SMILES string of the molecule is C#CCN(CC1CC1)c1ccccc1C(C)O. The van der Waals surface area contributed by atoms with Crippen LogP contribution in [0.4, 0.5) is 5.69 Å². The number of hydrogen-bond donors (Lipinski definition) is 1. The summed E-state index contributed by atoms with van der Waals surface area (Å²) in [6.45, 7) is 3.41. The van der Waals surface area contributed by atoms with E-state index in [1.807, 2.05) is 24.3 Å². The minimum absolute atomic E-state index is 0.453. The van der Waals surface area contributed by atoms with Crippen molar-refractivity contribution in [2.75, 3.05) is 18.0 Å². The maximum absolute atomic E-state index is 9.79. The molecule has 1 fully saturated rings. The molecule has 0 aliphatic heterocycles. The first-order valence-electron chi connectivity index (χ1n) is 6.17. The second-order valence-electron chi connectivity index (χ2n) is 4.76. The zero-order chi connectivity index (χ0) is 12.3. The number of nitrogens with zero attached hydrogens (tertiary/aromatic N) is 1. The van der Waals surface area contributed by atoms with E-state index in [9.17, 15) is 5.11 Å². The van der Waals surface area contributed by atoms with Crippen LogP contribution in [0.5, 0.6) is 0 Å². The number of aliphatic hydroxyl groups is 1. The lowest BCUT2D eigenvalue weighted by molar-refractivity contribution is 0.199. The molecular weight excluding hydrogens is 210 g/mol. The Balaban J connectivity index is 2.24. The molecule has 1 aromatic carbocycles. The topological polar surface area (TPSA) is 23.5 Å². The first-order chi connectivity index (χ1) is 8.22. The number of terminal acetylenes is 1. The van der Waals surface area contributed by atoms with E-state index in [1.54, 1.807) is 6.92 Å². The van der Waals surface area contributed by atoms with E-state index in [0.717, 1.165) is 23.7 Å². The van der Waals surface area contributed by atoms with E-state index in [-0.39, 0.29) is 0 Å². The third-order valence-electron chi connectivity index (χ3n) is 3.19. The Morgan fingerprint density at radius 2 is 2.18 bits per heavy atom. The number of para-hydroxylation sites is 1. The maximum atomic E-state index is 9.79. The van der Waals surface area contributed by atoms with Crippen LogP contribution in [0.2, 0.25) is 0 Å². The van der Waals surface area contributed by atoms with Gasteiger partial charge in [0.2, 0.25) is 0 Å². The van der Waals surface area contributed by atoms with Crippen molar-refractivity contribution in [1.29, 1.82) is 0 Å². The van der Waals surface area contributed by atoms with Gasteiger partial charge in [0.1, 0.15) is 0 Å². The summed E-state index contributed by atoms with van der Waals surface area (Å²) >= 11 is 0. The lowest BCUT2D eigenvalue weighted by Crippen LogP contribution is -2.27. The van der Waals surface area contributed by atoms with Gasteiger partial charge in [-0.1, -0.05) is 24.1 Å². The monoisotopic (exact) mass is 229 g/mol. The quantitative estimate of drug-likeness (QED) is 0.784. The molecule has 0 radical (unpaired) electrons. The summed E-state index contributed by atoms with van der Waals surface area (Å²) in [7, 11) is 0. The molecule has 1 aliphatic rings. The van der Waals surface area contributed by atoms with Crippen LogP contribution in [0, 0.1) is 18.3 Å². The van der Waals surface area contributed by atoms with Crippen molar-refractivity contribution >= 4 is 5.69 Å². The third-order valence-corrected chi connectivity index (χ3v) is 3.19. The van der Waals surface area contributed by atoms with Gasteiger partial charge in [0.15, 0.2) is 0 Å². The lowest BCUT2D eigenvalue weighted by Gasteiger charge is -2.26. The molecule has 2 nitrogen and oxygen atoms in total. The fourth-order valence-corrected chi connectivity index (χ4v) is 2.10. The van der Waals surface area contributed by atoms with Crippen LogP contribution in [-0.4, -0.2) is 18.2 Å². The van der Waals surface area contributed by atoms with E-state index in [4.69, 9.17) is 6.42 Å². The molecule has 0 amide bonds. The normalized spacial score (nSPS) is 16.3. The molecule has 1 aromatic rings. The second kappa shape index (κ2) is 5.25. The molecular formula is C15H19NO. The Kier molecular flexibility index (Phi) is 3.71. The third kappa shape index (κ3) is 3.01. The van der Waals surface area contributed by atoms with E-state index in [1.165, 1.54) is 12.8 Å². The highest BCUT2D eigenvalue weighted by Crippen LogP contribution is 2.33. The van der Waals surface area contributed by atoms with Crippen molar-refractivity contribution in [3.8, 4) is 12.3 Å². The van der Waals surface area contributed by atoms with Gasteiger partial charge < -0.3 is 10.0 Å². The minimum Gasteiger partial charge on any atom is -0.389 e. The Bertz CT molecular complexity index is 415. The molecule has 0 bridgehead atoms. The molecule has 1 N–H and O–H groups in total. The summed E-state index contributed by atoms with van der Waals surface area (Å²) in [5, 5.41) is 9.79. The van der Waals surface area contributed by atoms with Crippen molar-refractivity contribution in [2.45, 2.75) is 25.9 Å². The summed E-state index contributed by atoms with van der Waals surface area (Å²) in [5.41, 5.74) is 2.04. The molecule has 90 valence electrons. The summed E-state index contributed by atoms with van der Waals surface area (Å²) in [6, 6.07) is 7.96. The smallest absolute Gasteiger partial charge is 0.0791 e. The first kappa shape index (κ1) is 12.0. The van der Waals surface area contributed by atoms with Crippen LogP contribution < -0.4 is 4.90 Å². The molecule has 1 atom stereocenters. The van der Waals surface area contributed by atoms with Gasteiger partial charge in [0, 0.05) is 17.8 Å². The van der Waals surface area contributed by atoms with Gasteiger partial charge in [-0.05, 0) is 31.7 Å². The average molecular weight is 229 g/mol. The fourth-order valence-electron chi connectivity index (χ4n) is 2.10. The molecule has 0 spiro atoms. The maximum Gasteiger partial charge on any atom is 0.0791 e. The van der Waals surface area contributed by atoms with Crippen molar-refractivity contribution < 1.29 is 5.11 Å². The molecule has 2 rings (SSSR count). The van der Waals surface area contributed by atoms with Crippen molar-refractivity contribution in [1.82, 2.24) is 0 Å². The van der Waals surface area contributed by atoms with E-state index in [0.29, 0.717) is 6.54 Å². The highest BCUT2D eigenvalue weighted by Gasteiger charge is 2.25. The van der Waals surface area contributed by atoms with Crippen LogP contribution in [0.3, 0.4) is 0 Å². The molecule has 17 heavy (non-hydrogen) atoms. The van der Waals surface area contributed by atoms with E-state index >= 15 is 0 Å².